The highest BCUT2D eigenvalue weighted by atomic mass is 19.1. The van der Waals surface area contributed by atoms with Gasteiger partial charge in [-0.05, 0) is 54.0 Å². The minimum atomic E-state index is -0.531. The molecule has 2 aromatic rings. The predicted molar refractivity (Wildman–Crippen MR) is 96.7 cm³/mol. The maximum absolute atomic E-state index is 13.3. The molecule has 1 aliphatic carbocycles. The van der Waals surface area contributed by atoms with E-state index in [4.69, 9.17) is 5.73 Å². The summed E-state index contributed by atoms with van der Waals surface area (Å²) in [7, 11) is 0. The average molecular weight is 352 g/mol. The summed E-state index contributed by atoms with van der Waals surface area (Å²) in [6.45, 7) is 0.578. The van der Waals surface area contributed by atoms with E-state index in [1.807, 2.05) is 12.1 Å². The third-order valence-corrected chi connectivity index (χ3v) is 5.76. The van der Waals surface area contributed by atoms with Crippen LogP contribution in [0.5, 0.6) is 0 Å². The van der Waals surface area contributed by atoms with Gasteiger partial charge in [-0.1, -0.05) is 36.8 Å². The number of rotatable bonds is 3. The Morgan fingerprint density at radius 3 is 2.50 bits per heavy atom. The lowest BCUT2D eigenvalue weighted by Gasteiger charge is -2.26. The fraction of sp³-hybridized carbons (Fsp3) is 0.333. The zero-order valence-corrected chi connectivity index (χ0v) is 14.4. The van der Waals surface area contributed by atoms with Gasteiger partial charge in [0.1, 0.15) is 11.9 Å². The van der Waals surface area contributed by atoms with Crippen LogP contribution in [0.2, 0.25) is 0 Å². The summed E-state index contributed by atoms with van der Waals surface area (Å²) in [5, 5.41) is 0. The van der Waals surface area contributed by atoms with Gasteiger partial charge in [-0.15, -0.1) is 0 Å². The summed E-state index contributed by atoms with van der Waals surface area (Å²) >= 11 is 0. The Kier molecular flexibility index (Phi) is 4.23. The minimum Gasteiger partial charge on any atom is -0.368 e. The van der Waals surface area contributed by atoms with Crippen LogP contribution in [-0.4, -0.2) is 29.3 Å². The first kappa shape index (κ1) is 16.8. The van der Waals surface area contributed by atoms with E-state index < -0.39 is 11.9 Å². The quantitative estimate of drug-likeness (QED) is 0.922. The van der Waals surface area contributed by atoms with Gasteiger partial charge in [0.15, 0.2) is 0 Å². The molecule has 2 amide bonds. The van der Waals surface area contributed by atoms with E-state index >= 15 is 0 Å². The van der Waals surface area contributed by atoms with E-state index in [1.54, 1.807) is 29.2 Å². The molecule has 4 nitrogen and oxygen atoms in total. The van der Waals surface area contributed by atoms with Crippen LogP contribution in [0.3, 0.4) is 0 Å². The Morgan fingerprint density at radius 2 is 1.77 bits per heavy atom. The van der Waals surface area contributed by atoms with Crippen molar-refractivity contribution in [1.29, 1.82) is 0 Å². The molecule has 1 saturated heterocycles. The molecule has 0 unspecified atom stereocenters. The molecule has 2 fully saturated rings. The first-order valence-corrected chi connectivity index (χ1v) is 9.01. The number of hydrogen-bond acceptors (Lipinski definition) is 2. The molecule has 2 aromatic carbocycles. The van der Waals surface area contributed by atoms with Gasteiger partial charge in [0.25, 0.3) is 5.91 Å². The van der Waals surface area contributed by atoms with Crippen molar-refractivity contribution in [3.8, 4) is 11.1 Å². The molecule has 3 atom stereocenters. The third kappa shape index (κ3) is 2.77. The van der Waals surface area contributed by atoms with Gasteiger partial charge in [0.05, 0.1) is 0 Å². The largest absolute Gasteiger partial charge is 0.368 e. The number of carbonyl (C=O) groups excluding carboxylic acids is 2. The number of nitrogens with zero attached hydrogens (tertiary/aromatic N) is 1. The fourth-order valence-corrected chi connectivity index (χ4v) is 4.58. The lowest BCUT2D eigenvalue weighted by Crippen LogP contribution is -2.46. The molecule has 1 aliphatic heterocycles. The minimum absolute atomic E-state index is 0.175. The van der Waals surface area contributed by atoms with Gasteiger partial charge in [0.2, 0.25) is 5.91 Å². The molecular formula is C21H21FN2O2. The van der Waals surface area contributed by atoms with Crippen molar-refractivity contribution in [3.63, 3.8) is 0 Å². The Hall–Kier alpha value is -2.69. The zero-order chi connectivity index (χ0) is 18.3. The molecule has 1 saturated carbocycles. The van der Waals surface area contributed by atoms with Crippen molar-refractivity contribution in [3.05, 3.63) is 59.9 Å². The second kappa shape index (κ2) is 6.56. The Balaban J connectivity index is 1.71. The number of fused-ring (bicyclic) bond motifs is 1. The van der Waals surface area contributed by atoms with E-state index in [1.165, 1.54) is 12.1 Å². The summed E-state index contributed by atoms with van der Waals surface area (Å²) in [4.78, 5) is 27.0. The number of carbonyl (C=O) groups is 2. The topological polar surface area (TPSA) is 63.4 Å². The summed E-state index contributed by atoms with van der Waals surface area (Å²) in [5.41, 5.74) is 7.67. The number of benzene rings is 2. The molecule has 0 bridgehead atoms. The third-order valence-electron chi connectivity index (χ3n) is 5.76. The van der Waals surface area contributed by atoms with Crippen molar-refractivity contribution in [2.75, 3.05) is 6.54 Å². The highest BCUT2D eigenvalue weighted by Crippen LogP contribution is 2.43. The zero-order valence-electron chi connectivity index (χ0n) is 14.4. The van der Waals surface area contributed by atoms with Gasteiger partial charge < -0.3 is 10.6 Å². The summed E-state index contributed by atoms with van der Waals surface area (Å²) in [6.07, 6.45) is 3.08. The monoisotopic (exact) mass is 352 g/mol. The number of primary amides is 1. The van der Waals surface area contributed by atoms with Crippen LogP contribution in [0.25, 0.3) is 11.1 Å². The predicted octanol–water partition coefficient (Wildman–Crippen LogP) is 3.22. The van der Waals surface area contributed by atoms with Gasteiger partial charge in [0, 0.05) is 12.1 Å². The smallest absolute Gasteiger partial charge is 0.255 e. The molecule has 0 aromatic heterocycles. The first-order valence-electron chi connectivity index (χ1n) is 9.01. The maximum atomic E-state index is 13.3. The molecule has 0 radical (unpaired) electrons. The fourth-order valence-electron chi connectivity index (χ4n) is 4.58. The lowest BCUT2D eigenvalue weighted by atomic mass is 9.93. The first-order chi connectivity index (χ1) is 12.6. The van der Waals surface area contributed by atoms with E-state index in [2.05, 4.69) is 0 Å². The van der Waals surface area contributed by atoms with Gasteiger partial charge >= 0.3 is 0 Å². The SMILES string of the molecule is NC(=O)[C@@H]1[C@H]2CCC[C@H]2CN1C(=O)c1ccccc1-c1ccc(F)cc1. The molecular weight excluding hydrogens is 331 g/mol. The maximum Gasteiger partial charge on any atom is 0.255 e. The van der Waals surface area contributed by atoms with Crippen molar-refractivity contribution < 1.29 is 14.0 Å². The summed E-state index contributed by atoms with van der Waals surface area (Å²) in [6, 6.07) is 12.8. The molecule has 1 heterocycles. The highest BCUT2D eigenvalue weighted by molar-refractivity contribution is 6.03. The molecule has 0 spiro atoms. The molecule has 2 N–H and O–H groups in total. The molecule has 2 aliphatic rings. The number of nitrogens with two attached hydrogens (primary N) is 1. The van der Waals surface area contributed by atoms with Crippen LogP contribution in [0.15, 0.2) is 48.5 Å². The van der Waals surface area contributed by atoms with E-state index in [0.29, 0.717) is 18.0 Å². The van der Waals surface area contributed by atoms with Crippen LogP contribution < -0.4 is 5.73 Å². The van der Waals surface area contributed by atoms with Gasteiger partial charge in [-0.25, -0.2) is 4.39 Å². The van der Waals surface area contributed by atoms with E-state index in [-0.39, 0.29) is 17.6 Å². The van der Waals surface area contributed by atoms with Crippen molar-refractivity contribution in [1.82, 2.24) is 4.90 Å². The van der Waals surface area contributed by atoms with Crippen LogP contribution in [0.4, 0.5) is 4.39 Å². The van der Waals surface area contributed by atoms with Gasteiger partial charge in [-0.3, -0.25) is 9.59 Å². The number of halogens is 1. The lowest BCUT2D eigenvalue weighted by molar-refractivity contribution is -0.122. The normalized spacial score (nSPS) is 24.5. The molecule has 26 heavy (non-hydrogen) atoms. The molecule has 5 heteroatoms. The second-order valence-corrected chi connectivity index (χ2v) is 7.21. The molecule has 134 valence electrons. The van der Waals surface area contributed by atoms with Crippen LogP contribution in [0, 0.1) is 17.7 Å². The summed E-state index contributed by atoms with van der Waals surface area (Å²) in [5.74, 6) is -0.391. The standard InChI is InChI=1S/C21H21FN2O2/c22-15-10-8-13(9-11-15)16-5-1-2-6-18(16)21(26)24-12-14-4-3-7-17(14)19(24)20(23)25/h1-2,5-6,8-11,14,17,19H,3-4,7,12H2,(H2,23,25)/t14-,17-,19-/m0/s1. The Morgan fingerprint density at radius 1 is 1.04 bits per heavy atom. The van der Waals surface area contributed by atoms with Gasteiger partial charge in [-0.2, -0.15) is 0 Å². The Labute approximate surface area is 151 Å². The molecule has 4 rings (SSSR count). The van der Waals surface area contributed by atoms with E-state index in [9.17, 15) is 14.0 Å². The van der Waals surface area contributed by atoms with Crippen LogP contribution in [0.1, 0.15) is 29.6 Å². The Bertz CT molecular complexity index is 849. The van der Waals surface area contributed by atoms with Crippen molar-refractivity contribution in [2.45, 2.75) is 25.3 Å². The number of hydrogen-bond donors (Lipinski definition) is 1. The van der Waals surface area contributed by atoms with Crippen LogP contribution in [-0.2, 0) is 4.79 Å². The van der Waals surface area contributed by atoms with Crippen molar-refractivity contribution in [2.24, 2.45) is 17.6 Å². The van der Waals surface area contributed by atoms with Crippen molar-refractivity contribution >= 4 is 11.8 Å². The average Bonchev–Trinajstić information content (AvgIpc) is 3.22. The number of likely N-dealkylation sites (tertiary alicyclic amines) is 1. The second-order valence-electron chi connectivity index (χ2n) is 7.21. The highest BCUT2D eigenvalue weighted by Gasteiger charge is 2.48. The summed E-state index contributed by atoms with van der Waals surface area (Å²) < 4.78 is 13.3. The number of amides is 2. The van der Waals surface area contributed by atoms with Crippen LogP contribution >= 0.6 is 0 Å². The van der Waals surface area contributed by atoms with E-state index in [0.717, 1.165) is 30.4 Å².